The summed E-state index contributed by atoms with van der Waals surface area (Å²) >= 11 is 0. The van der Waals surface area contributed by atoms with Gasteiger partial charge in [0.05, 0.1) is 12.7 Å². The molecule has 0 bridgehead atoms. The van der Waals surface area contributed by atoms with E-state index in [2.05, 4.69) is 4.74 Å². The fourth-order valence-corrected chi connectivity index (χ4v) is 1.10. The maximum atomic E-state index is 11.6. The standard InChI is InChI=1S/C8H10F3NO/c9-8(10,11)6-13-5-7(1-2-7)3-4-12/h1-3,5-6H2. The number of halogens is 3. The number of nitrogens with zero attached hydrogens (tertiary/aromatic N) is 1. The van der Waals surface area contributed by atoms with Crippen LogP contribution in [0, 0.1) is 16.7 Å². The molecule has 5 heteroatoms. The maximum absolute atomic E-state index is 11.6. The van der Waals surface area contributed by atoms with Crippen LogP contribution in [0.2, 0.25) is 0 Å². The lowest BCUT2D eigenvalue weighted by Gasteiger charge is -2.12. The van der Waals surface area contributed by atoms with Crippen LogP contribution >= 0.6 is 0 Å². The number of rotatable bonds is 4. The predicted molar refractivity (Wildman–Crippen MR) is 38.8 cm³/mol. The van der Waals surface area contributed by atoms with Gasteiger partial charge in [-0.3, -0.25) is 0 Å². The van der Waals surface area contributed by atoms with Gasteiger partial charge in [0.15, 0.2) is 0 Å². The summed E-state index contributed by atoms with van der Waals surface area (Å²) in [5.74, 6) is 0. The van der Waals surface area contributed by atoms with Crippen LogP contribution in [0.3, 0.4) is 0 Å². The van der Waals surface area contributed by atoms with E-state index >= 15 is 0 Å². The van der Waals surface area contributed by atoms with Gasteiger partial charge in [-0.15, -0.1) is 0 Å². The Balaban J connectivity index is 2.17. The summed E-state index contributed by atoms with van der Waals surface area (Å²) in [7, 11) is 0. The second-order valence-corrected chi connectivity index (χ2v) is 3.44. The molecular weight excluding hydrogens is 183 g/mol. The third-order valence-corrected chi connectivity index (χ3v) is 2.09. The Morgan fingerprint density at radius 2 is 2.00 bits per heavy atom. The van der Waals surface area contributed by atoms with Crippen molar-refractivity contribution in [2.24, 2.45) is 5.41 Å². The zero-order chi connectivity index (χ0) is 9.95. The van der Waals surface area contributed by atoms with E-state index < -0.39 is 12.8 Å². The van der Waals surface area contributed by atoms with Crippen LogP contribution in [0.1, 0.15) is 19.3 Å². The van der Waals surface area contributed by atoms with Crippen molar-refractivity contribution in [3.8, 4) is 6.07 Å². The number of hydrogen-bond donors (Lipinski definition) is 0. The molecule has 1 aliphatic rings. The lowest BCUT2D eigenvalue weighted by atomic mass is 10.1. The summed E-state index contributed by atoms with van der Waals surface area (Å²) < 4.78 is 39.4. The fourth-order valence-electron chi connectivity index (χ4n) is 1.10. The molecular formula is C8H10F3NO. The van der Waals surface area contributed by atoms with Crippen molar-refractivity contribution in [3.05, 3.63) is 0 Å². The molecule has 0 aliphatic heterocycles. The summed E-state index contributed by atoms with van der Waals surface area (Å²) in [6, 6.07) is 1.96. The van der Waals surface area contributed by atoms with Crippen molar-refractivity contribution >= 4 is 0 Å². The van der Waals surface area contributed by atoms with E-state index in [9.17, 15) is 13.2 Å². The molecule has 0 atom stereocenters. The van der Waals surface area contributed by atoms with Gasteiger partial charge in [0, 0.05) is 11.8 Å². The number of ether oxygens (including phenoxy) is 1. The Labute approximate surface area is 74.3 Å². The molecule has 0 N–H and O–H groups in total. The molecule has 1 saturated carbocycles. The molecule has 0 spiro atoms. The van der Waals surface area contributed by atoms with Crippen LogP contribution in [0.25, 0.3) is 0 Å². The maximum Gasteiger partial charge on any atom is 0.411 e. The van der Waals surface area contributed by atoms with Gasteiger partial charge < -0.3 is 4.74 Å². The first-order chi connectivity index (χ1) is 5.97. The fraction of sp³-hybridized carbons (Fsp3) is 0.875. The van der Waals surface area contributed by atoms with Crippen LogP contribution in [-0.4, -0.2) is 19.4 Å². The number of nitriles is 1. The van der Waals surface area contributed by atoms with E-state index in [1.807, 2.05) is 6.07 Å². The number of alkyl halides is 3. The SMILES string of the molecule is N#CCC1(COCC(F)(F)F)CC1. The molecule has 1 aliphatic carbocycles. The van der Waals surface area contributed by atoms with Crippen molar-refractivity contribution in [2.45, 2.75) is 25.4 Å². The largest absolute Gasteiger partial charge is 0.411 e. The van der Waals surface area contributed by atoms with Crippen molar-refractivity contribution in [1.29, 1.82) is 5.26 Å². The molecule has 13 heavy (non-hydrogen) atoms. The van der Waals surface area contributed by atoms with Gasteiger partial charge in [0.2, 0.25) is 0 Å². The van der Waals surface area contributed by atoms with E-state index in [0.29, 0.717) is 6.42 Å². The quantitative estimate of drug-likeness (QED) is 0.686. The highest BCUT2D eigenvalue weighted by atomic mass is 19.4. The Morgan fingerprint density at radius 1 is 1.38 bits per heavy atom. The van der Waals surface area contributed by atoms with Gasteiger partial charge in [-0.05, 0) is 12.8 Å². The zero-order valence-corrected chi connectivity index (χ0v) is 7.02. The molecule has 74 valence electrons. The summed E-state index contributed by atoms with van der Waals surface area (Å²) in [6.45, 7) is -1.15. The summed E-state index contributed by atoms with van der Waals surface area (Å²) in [6.07, 6.45) is -2.36. The molecule has 0 radical (unpaired) electrons. The molecule has 2 nitrogen and oxygen atoms in total. The van der Waals surface area contributed by atoms with Crippen LogP contribution in [0.15, 0.2) is 0 Å². The van der Waals surface area contributed by atoms with Gasteiger partial charge in [0.1, 0.15) is 6.61 Å². The van der Waals surface area contributed by atoms with Gasteiger partial charge in [0.25, 0.3) is 0 Å². The second-order valence-electron chi connectivity index (χ2n) is 3.44. The van der Waals surface area contributed by atoms with Crippen LogP contribution in [-0.2, 0) is 4.74 Å². The van der Waals surface area contributed by atoms with Gasteiger partial charge in [-0.25, -0.2) is 0 Å². The second kappa shape index (κ2) is 3.54. The first kappa shape index (κ1) is 10.3. The highest BCUT2D eigenvalue weighted by Gasteiger charge is 2.43. The molecule has 0 aromatic heterocycles. The molecule has 0 unspecified atom stereocenters. The molecule has 0 saturated heterocycles. The lowest BCUT2D eigenvalue weighted by molar-refractivity contribution is -0.177. The third kappa shape index (κ3) is 3.64. The Kier molecular flexibility index (Phi) is 2.81. The minimum atomic E-state index is -4.26. The normalized spacial score (nSPS) is 19.5. The minimum Gasteiger partial charge on any atom is -0.371 e. The van der Waals surface area contributed by atoms with E-state index in [1.54, 1.807) is 0 Å². The summed E-state index contributed by atoms with van der Waals surface area (Å²) in [5.41, 5.74) is -0.264. The molecule has 1 rings (SSSR count). The highest BCUT2D eigenvalue weighted by molar-refractivity contribution is 4.99. The van der Waals surface area contributed by atoms with Crippen LogP contribution < -0.4 is 0 Å². The topological polar surface area (TPSA) is 33.0 Å². The Hall–Kier alpha value is -0.760. The first-order valence-corrected chi connectivity index (χ1v) is 3.99. The minimum absolute atomic E-state index is 0.0556. The zero-order valence-electron chi connectivity index (χ0n) is 7.02. The van der Waals surface area contributed by atoms with Gasteiger partial charge >= 0.3 is 6.18 Å². The van der Waals surface area contributed by atoms with Gasteiger partial charge in [-0.1, -0.05) is 0 Å². The van der Waals surface area contributed by atoms with Crippen molar-refractivity contribution in [3.63, 3.8) is 0 Å². The highest BCUT2D eigenvalue weighted by Crippen LogP contribution is 2.48. The van der Waals surface area contributed by atoms with E-state index in [1.165, 1.54) is 0 Å². The summed E-state index contributed by atoms with van der Waals surface area (Å²) in [5, 5.41) is 8.37. The third-order valence-electron chi connectivity index (χ3n) is 2.09. The average Bonchev–Trinajstić information content (AvgIpc) is 2.67. The van der Waals surface area contributed by atoms with Crippen molar-refractivity contribution < 1.29 is 17.9 Å². The van der Waals surface area contributed by atoms with Crippen molar-refractivity contribution in [2.75, 3.05) is 13.2 Å². The predicted octanol–water partition coefficient (Wildman–Crippen LogP) is 2.26. The molecule has 1 fully saturated rings. The smallest absolute Gasteiger partial charge is 0.371 e. The molecule has 0 aromatic carbocycles. The Bertz CT molecular complexity index is 214. The monoisotopic (exact) mass is 193 g/mol. The van der Waals surface area contributed by atoms with Crippen LogP contribution in [0.4, 0.5) is 13.2 Å². The first-order valence-electron chi connectivity index (χ1n) is 3.99. The molecule has 0 amide bonds. The molecule has 0 aromatic rings. The average molecular weight is 193 g/mol. The van der Waals surface area contributed by atoms with Crippen LogP contribution in [0.5, 0.6) is 0 Å². The summed E-state index contributed by atoms with van der Waals surface area (Å²) in [4.78, 5) is 0. The van der Waals surface area contributed by atoms with E-state index in [-0.39, 0.29) is 12.0 Å². The molecule has 0 heterocycles. The van der Waals surface area contributed by atoms with Gasteiger partial charge in [-0.2, -0.15) is 18.4 Å². The van der Waals surface area contributed by atoms with E-state index in [4.69, 9.17) is 5.26 Å². The lowest BCUT2D eigenvalue weighted by Crippen LogP contribution is -2.20. The van der Waals surface area contributed by atoms with Crippen molar-refractivity contribution in [1.82, 2.24) is 0 Å². The van der Waals surface area contributed by atoms with E-state index in [0.717, 1.165) is 12.8 Å². The number of hydrogen-bond acceptors (Lipinski definition) is 2. The Morgan fingerprint density at radius 3 is 2.38 bits per heavy atom.